The molecule has 0 radical (unpaired) electrons. The largest absolute Gasteiger partial charge is 0.454 e. The number of rotatable bonds is 3. The molecule has 0 saturated carbocycles. The molecule has 21 heavy (non-hydrogen) atoms. The molecule has 106 valence electrons. The predicted octanol–water partition coefficient (Wildman–Crippen LogP) is 4.93. The van der Waals surface area contributed by atoms with Gasteiger partial charge in [0.1, 0.15) is 5.75 Å². The first-order valence-electron chi connectivity index (χ1n) is 6.78. The molecule has 3 nitrogen and oxygen atoms in total. The Bertz CT molecular complexity index is 779. The second-order valence-electron chi connectivity index (χ2n) is 4.80. The molecular formula is C17H15BrN2O. The Balaban J connectivity index is 2.06. The highest BCUT2D eigenvalue weighted by atomic mass is 79.9. The number of nitrogens with zero attached hydrogens (tertiary/aromatic N) is 1. The lowest BCUT2D eigenvalue weighted by atomic mass is 10.1. The van der Waals surface area contributed by atoms with Crippen LogP contribution < -0.4 is 10.5 Å². The van der Waals surface area contributed by atoms with Crippen LogP contribution in [0.5, 0.6) is 11.5 Å². The number of nitrogens with two attached hydrogens (primary N) is 1. The number of pyridine rings is 1. The number of aryl methyl sites for hydroxylation is 1. The van der Waals surface area contributed by atoms with Gasteiger partial charge in [-0.25, -0.2) is 0 Å². The number of benzene rings is 2. The second-order valence-corrected chi connectivity index (χ2v) is 5.72. The maximum atomic E-state index is 6.04. The second kappa shape index (κ2) is 5.74. The highest BCUT2D eigenvalue weighted by Crippen LogP contribution is 2.35. The van der Waals surface area contributed by atoms with Crippen LogP contribution in [0, 0.1) is 0 Å². The van der Waals surface area contributed by atoms with Crippen LogP contribution in [0.3, 0.4) is 0 Å². The van der Waals surface area contributed by atoms with Crippen molar-refractivity contribution in [3.63, 3.8) is 0 Å². The summed E-state index contributed by atoms with van der Waals surface area (Å²) in [5.41, 5.74) is 8.70. The van der Waals surface area contributed by atoms with E-state index in [-0.39, 0.29) is 0 Å². The summed E-state index contributed by atoms with van der Waals surface area (Å²) in [6.07, 6.45) is 2.64. The SMILES string of the molecule is CCc1ccc(Oc2c(N)cnc3ccc(Br)cc23)cc1. The van der Waals surface area contributed by atoms with Crippen LogP contribution in [-0.2, 0) is 6.42 Å². The van der Waals surface area contributed by atoms with E-state index < -0.39 is 0 Å². The molecule has 0 aliphatic rings. The lowest BCUT2D eigenvalue weighted by molar-refractivity contribution is 0.490. The first kappa shape index (κ1) is 13.9. The summed E-state index contributed by atoms with van der Waals surface area (Å²) in [4.78, 5) is 4.33. The van der Waals surface area contributed by atoms with Crippen LogP contribution in [0.1, 0.15) is 12.5 Å². The number of fused-ring (bicyclic) bond motifs is 1. The van der Waals surface area contributed by atoms with Gasteiger partial charge < -0.3 is 10.5 Å². The van der Waals surface area contributed by atoms with Gasteiger partial charge in [0, 0.05) is 9.86 Å². The number of anilines is 1. The lowest BCUT2D eigenvalue weighted by Gasteiger charge is -2.12. The van der Waals surface area contributed by atoms with E-state index >= 15 is 0 Å². The Morgan fingerprint density at radius 2 is 1.90 bits per heavy atom. The fourth-order valence-electron chi connectivity index (χ4n) is 2.18. The third-order valence-electron chi connectivity index (χ3n) is 3.36. The smallest absolute Gasteiger partial charge is 0.161 e. The summed E-state index contributed by atoms with van der Waals surface area (Å²) >= 11 is 3.47. The molecule has 0 aliphatic heterocycles. The zero-order chi connectivity index (χ0) is 14.8. The Morgan fingerprint density at radius 3 is 2.62 bits per heavy atom. The molecule has 0 unspecified atom stereocenters. The van der Waals surface area contributed by atoms with Crippen molar-refractivity contribution < 1.29 is 4.74 Å². The Morgan fingerprint density at radius 1 is 1.14 bits per heavy atom. The maximum absolute atomic E-state index is 6.04. The van der Waals surface area contributed by atoms with Gasteiger partial charge in [0.25, 0.3) is 0 Å². The summed E-state index contributed by atoms with van der Waals surface area (Å²) in [6, 6.07) is 13.9. The van der Waals surface area contributed by atoms with Crippen LogP contribution >= 0.6 is 15.9 Å². The van der Waals surface area contributed by atoms with Gasteiger partial charge in [0.15, 0.2) is 5.75 Å². The van der Waals surface area contributed by atoms with E-state index in [1.54, 1.807) is 6.20 Å². The van der Waals surface area contributed by atoms with Crippen molar-refractivity contribution in [3.8, 4) is 11.5 Å². The minimum absolute atomic E-state index is 0.528. The minimum atomic E-state index is 0.528. The standard InChI is InChI=1S/C17H15BrN2O/c1-2-11-3-6-13(7-4-11)21-17-14-9-12(18)5-8-16(14)20-10-15(17)19/h3-10H,2,19H2,1H3. The van der Waals surface area contributed by atoms with Crippen molar-refractivity contribution in [2.75, 3.05) is 5.73 Å². The molecule has 1 aromatic heterocycles. The monoisotopic (exact) mass is 342 g/mol. The molecule has 0 atom stereocenters. The van der Waals surface area contributed by atoms with E-state index in [1.807, 2.05) is 30.3 Å². The third kappa shape index (κ3) is 2.85. The summed E-state index contributed by atoms with van der Waals surface area (Å²) in [7, 11) is 0. The van der Waals surface area contributed by atoms with Gasteiger partial charge in [-0.1, -0.05) is 35.0 Å². The number of hydrogen-bond donors (Lipinski definition) is 1. The fraction of sp³-hybridized carbons (Fsp3) is 0.118. The first-order chi connectivity index (χ1) is 10.2. The molecule has 0 bridgehead atoms. The van der Waals surface area contributed by atoms with Gasteiger partial charge in [-0.3, -0.25) is 4.98 Å². The highest BCUT2D eigenvalue weighted by molar-refractivity contribution is 9.10. The maximum Gasteiger partial charge on any atom is 0.161 e. The van der Waals surface area contributed by atoms with Crippen molar-refractivity contribution in [2.24, 2.45) is 0 Å². The van der Waals surface area contributed by atoms with Crippen LogP contribution in [0.25, 0.3) is 10.9 Å². The zero-order valence-corrected chi connectivity index (χ0v) is 13.2. The quantitative estimate of drug-likeness (QED) is 0.733. The highest BCUT2D eigenvalue weighted by Gasteiger charge is 2.10. The van der Waals surface area contributed by atoms with E-state index in [9.17, 15) is 0 Å². The van der Waals surface area contributed by atoms with E-state index in [0.29, 0.717) is 11.4 Å². The lowest BCUT2D eigenvalue weighted by Crippen LogP contribution is -1.95. The number of aromatic nitrogens is 1. The molecule has 1 heterocycles. The Kier molecular flexibility index (Phi) is 3.80. The van der Waals surface area contributed by atoms with Crippen molar-refractivity contribution in [1.82, 2.24) is 4.98 Å². The topological polar surface area (TPSA) is 48.1 Å². The molecule has 3 aromatic rings. The van der Waals surface area contributed by atoms with Gasteiger partial charge in [-0.15, -0.1) is 0 Å². The molecule has 0 spiro atoms. The van der Waals surface area contributed by atoms with Crippen LogP contribution in [0.15, 0.2) is 53.1 Å². The fourth-order valence-corrected chi connectivity index (χ4v) is 2.54. The van der Waals surface area contributed by atoms with Crippen molar-refractivity contribution in [3.05, 3.63) is 58.7 Å². The summed E-state index contributed by atoms with van der Waals surface area (Å²) in [5, 5.41) is 0.893. The average Bonchev–Trinajstić information content (AvgIpc) is 2.51. The average molecular weight is 343 g/mol. The summed E-state index contributed by atoms with van der Waals surface area (Å²) in [6.45, 7) is 2.13. The Hall–Kier alpha value is -2.07. The molecule has 0 fully saturated rings. The first-order valence-corrected chi connectivity index (χ1v) is 7.57. The van der Waals surface area contributed by atoms with Gasteiger partial charge >= 0.3 is 0 Å². The molecule has 3 rings (SSSR count). The number of halogens is 1. The number of ether oxygens (including phenoxy) is 1. The van der Waals surface area contributed by atoms with E-state index in [4.69, 9.17) is 10.5 Å². The summed E-state index contributed by atoms with van der Waals surface area (Å²) in [5.74, 6) is 1.41. The minimum Gasteiger partial charge on any atom is -0.454 e. The number of hydrogen-bond acceptors (Lipinski definition) is 3. The predicted molar refractivity (Wildman–Crippen MR) is 89.7 cm³/mol. The van der Waals surface area contributed by atoms with Crippen molar-refractivity contribution >= 4 is 32.5 Å². The normalized spacial score (nSPS) is 10.8. The summed E-state index contributed by atoms with van der Waals surface area (Å²) < 4.78 is 6.96. The van der Waals surface area contributed by atoms with E-state index in [2.05, 4.69) is 40.0 Å². The van der Waals surface area contributed by atoms with Gasteiger partial charge in [0.05, 0.1) is 17.4 Å². The van der Waals surface area contributed by atoms with Crippen LogP contribution in [0.4, 0.5) is 5.69 Å². The molecular weight excluding hydrogens is 328 g/mol. The van der Waals surface area contributed by atoms with Gasteiger partial charge in [-0.2, -0.15) is 0 Å². The molecule has 0 aliphatic carbocycles. The van der Waals surface area contributed by atoms with Crippen molar-refractivity contribution in [2.45, 2.75) is 13.3 Å². The Labute approximate surface area is 131 Å². The zero-order valence-electron chi connectivity index (χ0n) is 11.6. The van der Waals surface area contributed by atoms with Crippen molar-refractivity contribution in [1.29, 1.82) is 0 Å². The van der Waals surface area contributed by atoms with Crippen LogP contribution in [-0.4, -0.2) is 4.98 Å². The molecule has 2 N–H and O–H groups in total. The van der Waals surface area contributed by atoms with Gasteiger partial charge in [-0.05, 0) is 42.3 Å². The van der Waals surface area contributed by atoms with Gasteiger partial charge in [0.2, 0.25) is 0 Å². The number of nitrogen functional groups attached to an aromatic ring is 1. The molecule has 0 saturated heterocycles. The van der Waals surface area contributed by atoms with E-state index in [0.717, 1.165) is 27.5 Å². The van der Waals surface area contributed by atoms with Crippen LogP contribution in [0.2, 0.25) is 0 Å². The molecule has 4 heteroatoms. The van der Waals surface area contributed by atoms with E-state index in [1.165, 1.54) is 5.56 Å². The third-order valence-corrected chi connectivity index (χ3v) is 3.85. The molecule has 0 amide bonds. The molecule has 2 aromatic carbocycles.